The molecule has 2 aromatic carbocycles. The number of hydrogen-bond acceptors (Lipinski definition) is 7. The van der Waals surface area contributed by atoms with Gasteiger partial charge >= 0.3 is 0 Å². The summed E-state index contributed by atoms with van der Waals surface area (Å²) in [6, 6.07) is 11.5. The summed E-state index contributed by atoms with van der Waals surface area (Å²) in [5.41, 5.74) is 1.25. The van der Waals surface area contributed by atoms with E-state index in [9.17, 15) is 4.79 Å². The zero-order chi connectivity index (χ0) is 22.6. The van der Waals surface area contributed by atoms with Gasteiger partial charge in [-0.15, -0.1) is 10.2 Å². The average molecular weight is 444 g/mol. The Balaban J connectivity index is 1.18. The summed E-state index contributed by atoms with van der Waals surface area (Å²) < 4.78 is 11.3. The van der Waals surface area contributed by atoms with Crippen molar-refractivity contribution >= 4 is 16.7 Å². The zero-order valence-corrected chi connectivity index (χ0v) is 18.4. The van der Waals surface area contributed by atoms with Crippen LogP contribution in [0.2, 0.25) is 0 Å². The van der Waals surface area contributed by atoms with Gasteiger partial charge < -0.3 is 14.5 Å². The molecule has 0 aliphatic heterocycles. The molecule has 5 rings (SSSR count). The van der Waals surface area contributed by atoms with Gasteiger partial charge in [0.25, 0.3) is 11.8 Å². The minimum absolute atomic E-state index is 0.0542. The topological polar surface area (TPSA) is 103 Å². The summed E-state index contributed by atoms with van der Waals surface area (Å²) in [5.74, 6) is 2.44. The lowest BCUT2D eigenvalue weighted by molar-refractivity contribution is 0.0944. The number of nitrogens with zero attached hydrogens (tertiary/aromatic N) is 4. The van der Waals surface area contributed by atoms with Crippen LogP contribution in [-0.2, 0) is 0 Å². The third kappa shape index (κ3) is 4.41. The van der Waals surface area contributed by atoms with Crippen molar-refractivity contribution in [2.45, 2.75) is 31.6 Å². The monoisotopic (exact) mass is 443 g/mol. The van der Waals surface area contributed by atoms with Crippen LogP contribution in [0.5, 0.6) is 5.75 Å². The number of methoxy groups -OCH3 is 1. The second-order valence-electron chi connectivity index (χ2n) is 8.32. The molecule has 1 aliphatic rings. The van der Waals surface area contributed by atoms with Crippen molar-refractivity contribution in [3.8, 4) is 17.3 Å². The van der Waals surface area contributed by atoms with Gasteiger partial charge in [0.05, 0.1) is 13.3 Å². The predicted molar refractivity (Wildman–Crippen MR) is 123 cm³/mol. The van der Waals surface area contributed by atoms with Crippen LogP contribution in [0, 0.1) is 5.92 Å². The van der Waals surface area contributed by atoms with Crippen LogP contribution in [0.1, 0.15) is 47.8 Å². The average Bonchev–Trinajstić information content (AvgIpc) is 3.38. The molecule has 1 aliphatic carbocycles. The van der Waals surface area contributed by atoms with Crippen molar-refractivity contribution in [3.05, 3.63) is 66.4 Å². The number of nitrogens with one attached hydrogen (secondary N) is 1. The smallest absolute Gasteiger partial charge is 0.267 e. The lowest BCUT2D eigenvalue weighted by Gasteiger charge is -2.26. The molecular weight excluding hydrogens is 418 g/mol. The van der Waals surface area contributed by atoms with Crippen molar-refractivity contribution in [2.75, 3.05) is 13.7 Å². The van der Waals surface area contributed by atoms with E-state index in [4.69, 9.17) is 9.15 Å². The summed E-state index contributed by atoms with van der Waals surface area (Å²) in [6.07, 6.45) is 8.73. The standard InChI is InChI=1S/C25H25N5O3/c1-32-22-11-10-20(18-4-2-3-5-19(18)22)23(31)28-14-16-6-8-17(9-7-16)24-29-30-25(33-24)21-15-26-12-13-27-21/h2-5,10-13,15-17H,6-9,14H2,1H3,(H,28,31). The van der Waals surface area contributed by atoms with E-state index in [1.807, 2.05) is 36.4 Å². The van der Waals surface area contributed by atoms with Crippen molar-refractivity contribution in [3.63, 3.8) is 0 Å². The summed E-state index contributed by atoms with van der Waals surface area (Å²) in [6.45, 7) is 0.653. The van der Waals surface area contributed by atoms with Crippen LogP contribution in [0.25, 0.3) is 22.4 Å². The number of carbonyl (C=O) groups is 1. The van der Waals surface area contributed by atoms with E-state index in [1.54, 1.807) is 25.7 Å². The second kappa shape index (κ2) is 9.36. The Kier molecular flexibility index (Phi) is 5.97. The Morgan fingerprint density at radius 2 is 1.88 bits per heavy atom. The first-order chi connectivity index (χ1) is 16.2. The van der Waals surface area contributed by atoms with Crippen molar-refractivity contribution in [2.24, 2.45) is 5.92 Å². The molecule has 0 radical (unpaired) electrons. The number of amides is 1. The van der Waals surface area contributed by atoms with E-state index >= 15 is 0 Å². The highest BCUT2D eigenvalue weighted by Crippen LogP contribution is 2.36. The molecule has 0 bridgehead atoms. The van der Waals surface area contributed by atoms with Gasteiger partial charge in [-0.05, 0) is 49.1 Å². The minimum atomic E-state index is -0.0542. The van der Waals surface area contributed by atoms with Gasteiger partial charge in [-0.2, -0.15) is 0 Å². The van der Waals surface area contributed by atoms with Gasteiger partial charge in [0.2, 0.25) is 5.89 Å². The van der Waals surface area contributed by atoms with Crippen LogP contribution < -0.4 is 10.1 Å². The summed E-state index contributed by atoms with van der Waals surface area (Å²) in [7, 11) is 1.64. The summed E-state index contributed by atoms with van der Waals surface area (Å²) in [4.78, 5) is 21.2. The molecular formula is C25H25N5O3. The number of aromatic nitrogens is 4. The number of hydrogen-bond donors (Lipinski definition) is 1. The van der Waals surface area contributed by atoms with E-state index in [0.29, 0.717) is 35.5 Å². The highest BCUT2D eigenvalue weighted by molar-refractivity contribution is 6.08. The number of ether oxygens (including phenoxy) is 1. The van der Waals surface area contributed by atoms with Gasteiger partial charge in [0, 0.05) is 35.8 Å². The van der Waals surface area contributed by atoms with Crippen molar-refractivity contribution in [1.82, 2.24) is 25.5 Å². The molecule has 2 aromatic heterocycles. The van der Waals surface area contributed by atoms with E-state index in [-0.39, 0.29) is 11.8 Å². The predicted octanol–water partition coefficient (Wildman–Crippen LogP) is 4.39. The van der Waals surface area contributed by atoms with Crippen LogP contribution >= 0.6 is 0 Å². The van der Waals surface area contributed by atoms with Crippen LogP contribution in [0.15, 0.2) is 59.4 Å². The molecule has 1 N–H and O–H groups in total. The fourth-order valence-corrected chi connectivity index (χ4v) is 4.51. The molecule has 0 saturated heterocycles. The summed E-state index contributed by atoms with van der Waals surface area (Å²) >= 11 is 0. The van der Waals surface area contributed by atoms with E-state index in [2.05, 4.69) is 25.5 Å². The van der Waals surface area contributed by atoms with E-state index in [0.717, 1.165) is 42.2 Å². The Labute approximate surface area is 191 Å². The maximum Gasteiger partial charge on any atom is 0.267 e. The first-order valence-corrected chi connectivity index (χ1v) is 11.2. The maximum absolute atomic E-state index is 12.9. The first-order valence-electron chi connectivity index (χ1n) is 11.2. The molecule has 0 unspecified atom stereocenters. The number of carbonyl (C=O) groups excluding carboxylic acids is 1. The number of fused-ring (bicyclic) bond motifs is 1. The third-order valence-corrected chi connectivity index (χ3v) is 6.32. The normalized spacial score (nSPS) is 18.2. The Hall–Kier alpha value is -3.81. The van der Waals surface area contributed by atoms with Gasteiger partial charge in [-0.25, -0.2) is 4.98 Å². The minimum Gasteiger partial charge on any atom is -0.496 e. The molecule has 4 aromatic rings. The largest absolute Gasteiger partial charge is 0.496 e. The molecule has 2 heterocycles. The lowest BCUT2D eigenvalue weighted by atomic mass is 9.82. The zero-order valence-electron chi connectivity index (χ0n) is 18.4. The third-order valence-electron chi connectivity index (χ3n) is 6.32. The Bertz CT molecular complexity index is 1250. The Morgan fingerprint density at radius 1 is 1.06 bits per heavy atom. The van der Waals surface area contributed by atoms with Crippen molar-refractivity contribution in [1.29, 1.82) is 0 Å². The van der Waals surface area contributed by atoms with Crippen molar-refractivity contribution < 1.29 is 13.9 Å². The number of benzene rings is 2. The first kappa shape index (κ1) is 21.1. The fourth-order valence-electron chi connectivity index (χ4n) is 4.51. The maximum atomic E-state index is 12.9. The van der Waals surface area contributed by atoms with E-state index < -0.39 is 0 Å². The highest BCUT2D eigenvalue weighted by atomic mass is 16.5. The number of rotatable bonds is 6. The molecule has 8 nitrogen and oxygen atoms in total. The van der Waals surface area contributed by atoms with E-state index in [1.165, 1.54) is 0 Å². The molecule has 168 valence electrons. The fraction of sp³-hybridized carbons (Fsp3) is 0.320. The molecule has 1 saturated carbocycles. The van der Waals surface area contributed by atoms with Gasteiger partial charge in [0.1, 0.15) is 11.4 Å². The second-order valence-corrected chi connectivity index (χ2v) is 8.32. The van der Waals surface area contributed by atoms with Crippen LogP contribution in [-0.4, -0.2) is 39.7 Å². The molecule has 1 fully saturated rings. The molecule has 1 amide bonds. The molecule has 8 heteroatoms. The lowest BCUT2D eigenvalue weighted by Crippen LogP contribution is -2.31. The summed E-state index contributed by atoms with van der Waals surface area (Å²) in [5, 5.41) is 13.3. The molecule has 33 heavy (non-hydrogen) atoms. The SMILES string of the molecule is COc1ccc(C(=O)NCC2CCC(c3nnc(-c4cnccn4)o3)CC2)c2ccccc12. The van der Waals surface area contributed by atoms with Gasteiger partial charge in [-0.3, -0.25) is 9.78 Å². The van der Waals surface area contributed by atoms with Crippen LogP contribution in [0.4, 0.5) is 0 Å². The highest BCUT2D eigenvalue weighted by Gasteiger charge is 2.27. The van der Waals surface area contributed by atoms with Gasteiger partial charge in [0.15, 0.2) is 0 Å². The Morgan fingerprint density at radius 3 is 2.64 bits per heavy atom. The van der Waals surface area contributed by atoms with Crippen LogP contribution in [0.3, 0.4) is 0 Å². The molecule has 0 atom stereocenters. The van der Waals surface area contributed by atoms with Gasteiger partial charge in [-0.1, -0.05) is 24.3 Å². The quantitative estimate of drug-likeness (QED) is 0.471. The molecule has 0 spiro atoms.